The number of nitrogens with one attached hydrogen (secondary N) is 1. The standard InChI is InChI=1S/C4H4F2N2S/c5-4(6)9-3-1-7-8-2-3/h1-2,4H,(H,7,8). The molecule has 0 saturated carbocycles. The molecule has 0 aromatic carbocycles. The van der Waals surface area contributed by atoms with E-state index in [4.69, 9.17) is 0 Å². The Morgan fingerprint density at radius 3 is 2.89 bits per heavy atom. The van der Waals surface area contributed by atoms with Crippen molar-refractivity contribution in [2.75, 3.05) is 0 Å². The highest BCUT2D eigenvalue weighted by Gasteiger charge is 2.04. The van der Waals surface area contributed by atoms with Gasteiger partial charge >= 0.3 is 0 Å². The summed E-state index contributed by atoms with van der Waals surface area (Å²) in [5.74, 6) is -2.36. The van der Waals surface area contributed by atoms with E-state index in [1.54, 1.807) is 0 Å². The summed E-state index contributed by atoms with van der Waals surface area (Å²) in [5, 5.41) is 5.93. The number of hydrogen-bond acceptors (Lipinski definition) is 2. The second-order valence-electron chi connectivity index (χ2n) is 1.31. The lowest BCUT2D eigenvalue weighted by atomic mass is 10.7. The van der Waals surface area contributed by atoms with E-state index in [9.17, 15) is 8.78 Å². The van der Waals surface area contributed by atoms with Crippen LogP contribution in [0.1, 0.15) is 0 Å². The predicted molar refractivity (Wildman–Crippen MR) is 30.4 cm³/mol. The Bertz CT molecular complexity index is 163. The molecule has 5 heteroatoms. The normalized spacial score (nSPS) is 10.6. The van der Waals surface area contributed by atoms with Crippen molar-refractivity contribution in [2.24, 2.45) is 0 Å². The third-order valence-corrected chi connectivity index (χ3v) is 1.37. The largest absolute Gasteiger partial charge is 0.289 e. The first-order valence-corrected chi connectivity index (χ1v) is 3.10. The molecule has 0 spiro atoms. The van der Waals surface area contributed by atoms with E-state index in [0.29, 0.717) is 16.7 Å². The van der Waals surface area contributed by atoms with Crippen LogP contribution in [0.4, 0.5) is 8.78 Å². The van der Waals surface area contributed by atoms with E-state index in [0.717, 1.165) is 0 Å². The van der Waals surface area contributed by atoms with Crippen LogP contribution in [-0.4, -0.2) is 16.0 Å². The lowest BCUT2D eigenvalue weighted by Crippen LogP contribution is -1.77. The molecule has 0 fully saturated rings. The summed E-state index contributed by atoms with van der Waals surface area (Å²) in [6.45, 7) is 0. The van der Waals surface area contributed by atoms with E-state index in [1.807, 2.05) is 0 Å². The Morgan fingerprint density at radius 1 is 1.67 bits per heavy atom. The molecule has 1 heterocycles. The molecular weight excluding hydrogens is 146 g/mol. The average Bonchev–Trinajstić information content (AvgIpc) is 2.15. The molecule has 1 rings (SSSR count). The summed E-state index contributed by atoms with van der Waals surface area (Å²) < 4.78 is 23.0. The van der Waals surface area contributed by atoms with Gasteiger partial charge in [-0.1, -0.05) is 11.8 Å². The zero-order chi connectivity index (χ0) is 6.69. The predicted octanol–water partition coefficient (Wildman–Crippen LogP) is 1.72. The van der Waals surface area contributed by atoms with Gasteiger partial charge in [0.15, 0.2) is 0 Å². The molecule has 2 nitrogen and oxygen atoms in total. The number of hydrogen-bond donors (Lipinski definition) is 1. The number of aromatic nitrogens is 2. The summed E-state index contributed by atoms with van der Waals surface area (Å²) in [4.78, 5) is 0.463. The average molecular weight is 150 g/mol. The smallest absolute Gasteiger partial charge is 0.285 e. The molecule has 9 heavy (non-hydrogen) atoms. The van der Waals surface area contributed by atoms with Crippen LogP contribution in [0.15, 0.2) is 17.3 Å². The molecule has 1 N–H and O–H groups in total. The van der Waals surface area contributed by atoms with E-state index in [-0.39, 0.29) is 0 Å². The SMILES string of the molecule is FC(F)Sc1cn[nH]c1. The van der Waals surface area contributed by atoms with Gasteiger partial charge in [0.25, 0.3) is 5.76 Å². The number of H-pyrrole nitrogens is 1. The quantitative estimate of drug-likeness (QED) is 0.650. The Hall–Kier alpha value is -0.580. The molecule has 0 bridgehead atoms. The lowest BCUT2D eigenvalue weighted by Gasteiger charge is -1.90. The Kier molecular flexibility index (Phi) is 2.05. The minimum atomic E-state index is -2.36. The first kappa shape index (κ1) is 6.54. The number of alkyl halides is 2. The minimum absolute atomic E-state index is 0.463. The van der Waals surface area contributed by atoms with Gasteiger partial charge in [0.2, 0.25) is 0 Å². The monoisotopic (exact) mass is 150 g/mol. The Balaban J connectivity index is 2.48. The van der Waals surface area contributed by atoms with Crippen molar-refractivity contribution in [2.45, 2.75) is 10.7 Å². The van der Waals surface area contributed by atoms with Crippen molar-refractivity contribution in [1.29, 1.82) is 0 Å². The van der Waals surface area contributed by atoms with Gasteiger partial charge in [0, 0.05) is 6.20 Å². The maximum atomic E-state index is 11.5. The number of rotatable bonds is 2. The van der Waals surface area contributed by atoms with Crippen LogP contribution >= 0.6 is 11.8 Å². The molecule has 0 saturated heterocycles. The van der Waals surface area contributed by atoms with Crippen molar-refractivity contribution in [3.05, 3.63) is 12.4 Å². The summed E-state index contributed by atoms with van der Waals surface area (Å²) in [7, 11) is 0. The van der Waals surface area contributed by atoms with Crippen LogP contribution in [0.3, 0.4) is 0 Å². The second-order valence-corrected chi connectivity index (χ2v) is 2.38. The van der Waals surface area contributed by atoms with Gasteiger partial charge in [0.05, 0.1) is 11.1 Å². The summed E-state index contributed by atoms with van der Waals surface area (Å²) in [6.07, 6.45) is 2.79. The van der Waals surface area contributed by atoms with Crippen LogP contribution < -0.4 is 0 Å². The summed E-state index contributed by atoms with van der Waals surface area (Å²) in [6, 6.07) is 0. The Labute approximate surface area is 54.6 Å². The molecule has 0 aliphatic heterocycles. The first-order chi connectivity index (χ1) is 4.29. The van der Waals surface area contributed by atoms with Gasteiger partial charge in [-0.05, 0) is 0 Å². The third kappa shape index (κ3) is 2.01. The fourth-order valence-electron chi connectivity index (χ4n) is 0.406. The molecule has 50 valence electrons. The van der Waals surface area contributed by atoms with Crippen molar-refractivity contribution in [3.63, 3.8) is 0 Å². The number of thioether (sulfide) groups is 1. The highest BCUT2D eigenvalue weighted by molar-refractivity contribution is 7.99. The highest BCUT2D eigenvalue weighted by atomic mass is 32.2. The van der Waals surface area contributed by atoms with Crippen molar-refractivity contribution < 1.29 is 8.78 Å². The fourth-order valence-corrected chi connectivity index (χ4v) is 0.846. The van der Waals surface area contributed by atoms with E-state index >= 15 is 0 Å². The molecule has 1 aromatic heterocycles. The third-order valence-electron chi connectivity index (χ3n) is 0.698. The molecule has 0 atom stereocenters. The van der Waals surface area contributed by atoms with Crippen LogP contribution in [0, 0.1) is 0 Å². The first-order valence-electron chi connectivity index (χ1n) is 2.22. The van der Waals surface area contributed by atoms with Gasteiger partial charge in [-0.25, -0.2) is 0 Å². The van der Waals surface area contributed by atoms with Crippen LogP contribution in [0.5, 0.6) is 0 Å². The molecule has 0 aliphatic carbocycles. The summed E-state index contributed by atoms with van der Waals surface area (Å²) in [5.41, 5.74) is 0. The van der Waals surface area contributed by atoms with E-state index in [1.165, 1.54) is 12.4 Å². The number of aromatic amines is 1. The number of halogens is 2. The van der Waals surface area contributed by atoms with Crippen molar-refractivity contribution in [1.82, 2.24) is 10.2 Å². The molecule has 0 radical (unpaired) electrons. The minimum Gasteiger partial charge on any atom is -0.285 e. The second kappa shape index (κ2) is 2.82. The molecule has 0 amide bonds. The lowest BCUT2D eigenvalue weighted by molar-refractivity contribution is 0.252. The molecule has 1 aromatic rings. The van der Waals surface area contributed by atoms with Crippen molar-refractivity contribution in [3.8, 4) is 0 Å². The van der Waals surface area contributed by atoms with Gasteiger partial charge < -0.3 is 0 Å². The highest BCUT2D eigenvalue weighted by Crippen LogP contribution is 2.22. The van der Waals surface area contributed by atoms with Crippen LogP contribution in [0.25, 0.3) is 0 Å². The van der Waals surface area contributed by atoms with E-state index in [2.05, 4.69) is 10.2 Å². The van der Waals surface area contributed by atoms with Gasteiger partial charge in [-0.15, -0.1) is 0 Å². The number of nitrogens with zero attached hydrogens (tertiary/aromatic N) is 1. The zero-order valence-electron chi connectivity index (χ0n) is 4.34. The van der Waals surface area contributed by atoms with Crippen LogP contribution in [-0.2, 0) is 0 Å². The van der Waals surface area contributed by atoms with Gasteiger partial charge in [-0.2, -0.15) is 13.9 Å². The zero-order valence-corrected chi connectivity index (χ0v) is 5.16. The van der Waals surface area contributed by atoms with Crippen LogP contribution in [0.2, 0.25) is 0 Å². The summed E-state index contributed by atoms with van der Waals surface area (Å²) >= 11 is 0.478. The maximum Gasteiger partial charge on any atom is 0.289 e. The van der Waals surface area contributed by atoms with Gasteiger partial charge in [0.1, 0.15) is 0 Å². The van der Waals surface area contributed by atoms with E-state index < -0.39 is 5.76 Å². The topological polar surface area (TPSA) is 28.7 Å². The van der Waals surface area contributed by atoms with Gasteiger partial charge in [-0.3, -0.25) is 5.10 Å². The van der Waals surface area contributed by atoms with Crippen molar-refractivity contribution >= 4 is 11.8 Å². The molecule has 0 unspecified atom stereocenters. The Morgan fingerprint density at radius 2 is 2.44 bits per heavy atom. The molecular formula is C4H4F2N2S. The fraction of sp³-hybridized carbons (Fsp3) is 0.250. The molecule has 0 aliphatic rings. The maximum absolute atomic E-state index is 11.5.